The van der Waals surface area contributed by atoms with Crippen LogP contribution in [0.2, 0.25) is 0 Å². The fourth-order valence-corrected chi connectivity index (χ4v) is 3.08. The maximum absolute atomic E-state index is 4.81. The minimum atomic E-state index is 0.271. The van der Waals surface area contributed by atoms with Crippen molar-refractivity contribution in [3.63, 3.8) is 0 Å². The number of rotatable bonds is 2. The molecule has 0 saturated carbocycles. The van der Waals surface area contributed by atoms with Gasteiger partial charge in [-0.15, -0.1) is 0 Å². The third-order valence-corrected chi connectivity index (χ3v) is 4.38. The van der Waals surface area contributed by atoms with Crippen LogP contribution in [0.15, 0.2) is 95.9 Å². The quantitative estimate of drug-likeness (QED) is 0.516. The van der Waals surface area contributed by atoms with Gasteiger partial charge in [0.2, 0.25) is 0 Å². The molecule has 0 spiro atoms. The Kier molecular flexibility index (Phi) is 6.34. The van der Waals surface area contributed by atoms with Crippen molar-refractivity contribution >= 4 is 36.7 Å². The standard InChI is InChI=1S/C6H6S.2C6H5.Al/c7-6-4-2-1-3-5-6;2*1-2-4-6-5-3-1;/h1-5,7H;2*1-5H;/q;;;+1/p-1. The van der Waals surface area contributed by atoms with Crippen LogP contribution in [0, 0.1) is 0 Å². The molecule has 0 nitrogen and oxygen atoms in total. The van der Waals surface area contributed by atoms with Gasteiger partial charge in [-0.05, 0) is 0 Å². The van der Waals surface area contributed by atoms with Crippen molar-refractivity contribution in [2.24, 2.45) is 0 Å². The van der Waals surface area contributed by atoms with Gasteiger partial charge >= 0.3 is 84.7 Å². The summed E-state index contributed by atoms with van der Waals surface area (Å²) >= 11 is 5.08. The SMILES string of the molecule is [S-]c1ccccc1.c1cc[c]([Al+][c]2ccccc2)cc1. The average molecular weight is 290 g/mol. The van der Waals surface area contributed by atoms with E-state index in [2.05, 4.69) is 60.7 Å². The summed E-state index contributed by atoms with van der Waals surface area (Å²) in [6.45, 7) is 0. The van der Waals surface area contributed by atoms with Gasteiger partial charge in [-0.3, -0.25) is 0 Å². The summed E-state index contributed by atoms with van der Waals surface area (Å²) in [6.07, 6.45) is 0. The third kappa shape index (κ3) is 5.59. The second-order valence-corrected chi connectivity index (χ2v) is 6.37. The molecule has 2 heteroatoms. The van der Waals surface area contributed by atoms with Gasteiger partial charge in [-0.1, -0.05) is 30.3 Å². The third-order valence-electron chi connectivity index (χ3n) is 2.68. The molecule has 3 aromatic carbocycles. The van der Waals surface area contributed by atoms with E-state index >= 15 is 0 Å². The fourth-order valence-electron chi connectivity index (χ4n) is 1.71. The van der Waals surface area contributed by atoms with Crippen LogP contribution < -0.4 is 8.85 Å². The summed E-state index contributed by atoms with van der Waals surface area (Å²) in [7, 11) is 0. The van der Waals surface area contributed by atoms with E-state index in [1.807, 2.05) is 30.3 Å². The monoisotopic (exact) mass is 290 g/mol. The second-order valence-electron chi connectivity index (χ2n) is 4.28. The van der Waals surface area contributed by atoms with Crippen LogP contribution in [0.1, 0.15) is 0 Å². The van der Waals surface area contributed by atoms with Gasteiger partial charge in [0.1, 0.15) is 0 Å². The first-order valence-electron chi connectivity index (χ1n) is 6.51. The van der Waals surface area contributed by atoms with Crippen molar-refractivity contribution in [2.75, 3.05) is 0 Å². The zero-order valence-corrected chi connectivity index (χ0v) is 13.1. The van der Waals surface area contributed by atoms with Crippen LogP contribution in [0.5, 0.6) is 0 Å². The summed E-state index contributed by atoms with van der Waals surface area (Å²) in [5, 5.41) is 0. The molecule has 0 bridgehead atoms. The Morgan fingerprint density at radius 3 is 1.15 bits per heavy atom. The van der Waals surface area contributed by atoms with Crippen LogP contribution in [0.3, 0.4) is 0 Å². The Morgan fingerprint density at radius 1 is 0.500 bits per heavy atom. The van der Waals surface area contributed by atoms with Crippen molar-refractivity contribution in [1.82, 2.24) is 0 Å². The van der Waals surface area contributed by atoms with Crippen molar-refractivity contribution in [3.05, 3.63) is 91.0 Å². The van der Waals surface area contributed by atoms with E-state index in [4.69, 9.17) is 12.6 Å². The molecule has 0 aromatic heterocycles. The van der Waals surface area contributed by atoms with Crippen LogP contribution >= 0.6 is 0 Å². The minimum absolute atomic E-state index is 0.271. The predicted octanol–water partition coefficient (Wildman–Crippen LogP) is 2.93. The molecule has 3 rings (SSSR count). The van der Waals surface area contributed by atoms with Gasteiger partial charge < -0.3 is 12.6 Å². The van der Waals surface area contributed by atoms with E-state index in [0.29, 0.717) is 0 Å². The Morgan fingerprint density at radius 2 is 0.850 bits per heavy atom. The molecule has 3 aromatic rings. The molecular formula is C18H15AlS. The molecule has 0 heterocycles. The molecule has 0 saturated heterocycles. The van der Waals surface area contributed by atoms with E-state index in [1.165, 1.54) is 8.85 Å². The van der Waals surface area contributed by atoms with Gasteiger partial charge in [-0.2, -0.15) is 4.90 Å². The summed E-state index contributed by atoms with van der Waals surface area (Å²) in [4.78, 5) is 0.905. The molecule has 96 valence electrons. The molecule has 0 amide bonds. The summed E-state index contributed by atoms with van der Waals surface area (Å²) in [6, 6.07) is 30.9. The molecule has 20 heavy (non-hydrogen) atoms. The molecule has 0 aliphatic carbocycles. The first kappa shape index (κ1) is 14.8. The van der Waals surface area contributed by atoms with Crippen LogP contribution in [-0.2, 0) is 12.6 Å². The molecular weight excluding hydrogens is 275 g/mol. The molecule has 0 atom stereocenters. The molecule has 0 aliphatic heterocycles. The van der Waals surface area contributed by atoms with Crippen LogP contribution in [0.4, 0.5) is 0 Å². The van der Waals surface area contributed by atoms with E-state index in [9.17, 15) is 0 Å². The Balaban J connectivity index is 0.000000178. The normalized spacial score (nSPS) is 9.00. The van der Waals surface area contributed by atoms with Crippen molar-refractivity contribution in [3.8, 4) is 0 Å². The van der Waals surface area contributed by atoms with E-state index in [-0.39, 0.29) is 15.2 Å². The summed E-state index contributed by atoms with van der Waals surface area (Å²) in [5.41, 5.74) is 0. The van der Waals surface area contributed by atoms with Crippen molar-refractivity contribution in [1.29, 1.82) is 0 Å². The van der Waals surface area contributed by atoms with Crippen molar-refractivity contribution in [2.45, 2.75) is 4.90 Å². The average Bonchev–Trinajstić information content (AvgIpc) is 2.51. The molecule has 0 unspecified atom stereocenters. The Bertz CT molecular complexity index is 557. The van der Waals surface area contributed by atoms with Crippen LogP contribution in [-0.4, -0.2) is 15.2 Å². The summed E-state index contributed by atoms with van der Waals surface area (Å²) in [5.74, 6) is 0. The van der Waals surface area contributed by atoms with Crippen molar-refractivity contribution < 1.29 is 0 Å². The first-order chi connectivity index (χ1) is 9.84. The van der Waals surface area contributed by atoms with Gasteiger partial charge in [0.25, 0.3) is 0 Å². The number of hydrogen-bond donors (Lipinski definition) is 0. The number of hydrogen-bond acceptors (Lipinski definition) is 1. The van der Waals surface area contributed by atoms with Gasteiger partial charge in [0, 0.05) is 0 Å². The van der Waals surface area contributed by atoms with E-state index in [0.717, 1.165) is 4.90 Å². The fraction of sp³-hybridized carbons (Fsp3) is 0. The zero-order chi connectivity index (χ0) is 14.0. The van der Waals surface area contributed by atoms with Gasteiger partial charge in [0.05, 0.1) is 0 Å². The summed E-state index contributed by atoms with van der Waals surface area (Å²) < 4.78 is 2.90. The molecule has 0 fully saturated rings. The van der Waals surface area contributed by atoms with Crippen LogP contribution in [0.25, 0.3) is 0 Å². The maximum atomic E-state index is 4.81. The first-order valence-corrected chi connectivity index (χ1v) is 8.08. The predicted molar refractivity (Wildman–Crippen MR) is 90.0 cm³/mol. The molecule has 0 radical (unpaired) electrons. The van der Waals surface area contributed by atoms with E-state index in [1.54, 1.807) is 0 Å². The molecule has 0 N–H and O–H groups in total. The zero-order valence-electron chi connectivity index (χ0n) is 11.1. The van der Waals surface area contributed by atoms with Gasteiger partial charge in [-0.25, -0.2) is 0 Å². The number of benzene rings is 3. The molecule has 0 aliphatic rings. The second kappa shape index (κ2) is 8.56. The van der Waals surface area contributed by atoms with Gasteiger partial charge in [0.15, 0.2) is 0 Å². The topological polar surface area (TPSA) is 0 Å². The Hall–Kier alpha value is -1.59. The van der Waals surface area contributed by atoms with E-state index < -0.39 is 0 Å². The Labute approximate surface area is 132 Å².